The van der Waals surface area contributed by atoms with E-state index in [4.69, 9.17) is 14.2 Å². The van der Waals surface area contributed by atoms with Gasteiger partial charge in [-0.15, -0.1) is 11.8 Å². The van der Waals surface area contributed by atoms with Gasteiger partial charge in [0.25, 0.3) is 0 Å². The minimum Gasteiger partial charge on any atom is -0.464 e. The number of carbonyl (C=O) groups excluding carboxylic acids is 2. The summed E-state index contributed by atoms with van der Waals surface area (Å²) in [4.78, 5) is 27.9. The van der Waals surface area contributed by atoms with Crippen molar-refractivity contribution in [3.63, 3.8) is 0 Å². The maximum absolute atomic E-state index is 12.5. The molecule has 0 bridgehead atoms. The standard InChI is InChI=1S/C27H39NO6S/c29-24-10-8-22-21(24)4-3-5-26(22)35-19-23-20(7-9-25(23)30)18-33-14-2-1-6-27(31)34-17-13-28-11-15-32-16-12-28/h3-5,20,23-24,29H,1-2,6-19H2/t20-,23?,24?/m1/s1. The van der Waals surface area contributed by atoms with E-state index in [1.807, 2.05) is 12.1 Å². The molecule has 4 rings (SSSR count). The van der Waals surface area contributed by atoms with E-state index in [0.29, 0.717) is 38.4 Å². The van der Waals surface area contributed by atoms with Gasteiger partial charge < -0.3 is 19.3 Å². The molecule has 3 aliphatic rings. The smallest absolute Gasteiger partial charge is 0.305 e. The molecule has 1 aromatic carbocycles. The molecule has 1 aliphatic heterocycles. The summed E-state index contributed by atoms with van der Waals surface area (Å²) < 4.78 is 16.6. The first kappa shape index (κ1) is 26.6. The molecule has 3 atom stereocenters. The lowest BCUT2D eigenvalue weighted by Crippen LogP contribution is -2.38. The van der Waals surface area contributed by atoms with Crippen LogP contribution in [-0.2, 0) is 30.2 Å². The third kappa shape index (κ3) is 7.76. The first-order valence-corrected chi connectivity index (χ1v) is 14.1. The molecule has 0 spiro atoms. The zero-order valence-electron chi connectivity index (χ0n) is 20.6. The number of ketones is 1. The summed E-state index contributed by atoms with van der Waals surface area (Å²) >= 11 is 1.75. The molecule has 194 valence electrons. The molecule has 0 radical (unpaired) electrons. The maximum Gasteiger partial charge on any atom is 0.305 e. The lowest BCUT2D eigenvalue weighted by atomic mass is 9.98. The molecule has 7 nitrogen and oxygen atoms in total. The number of benzene rings is 1. The Morgan fingerprint density at radius 1 is 1.14 bits per heavy atom. The maximum atomic E-state index is 12.5. The first-order chi connectivity index (χ1) is 17.1. The molecular formula is C27H39NO6S. The lowest BCUT2D eigenvalue weighted by Gasteiger charge is -2.26. The van der Waals surface area contributed by atoms with E-state index in [1.165, 1.54) is 10.5 Å². The van der Waals surface area contributed by atoms with E-state index in [0.717, 1.165) is 76.3 Å². The van der Waals surface area contributed by atoms with Crippen LogP contribution in [0.3, 0.4) is 0 Å². The summed E-state index contributed by atoms with van der Waals surface area (Å²) in [7, 11) is 0. The predicted octanol–water partition coefficient (Wildman–Crippen LogP) is 3.42. The Labute approximate surface area is 212 Å². The van der Waals surface area contributed by atoms with Gasteiger partial charge in [-0.3, -0.25) is 14.5 Å². The van der Waals surface area contributed by atoms with E-state index in [2.05, 4.69) is 11.0 Å². The number of rotatable bonds is 13. The van der Waals surface area contributed by atoms with Gasteiger partial charge in [0.2, 0.25) is 0 Å². The van der Waals surface area contributed by atoms with Gasteiger partial charge in [0.15, 0.2) is 0 Å². The Bertz CT molecular complexity index is 843. The van der Waals surface area contributed by atoms with Crippen molar-refractivity contribution in [2.24, 2.45) is 11.8 Å². The number of carbonyl (C=O) groups is 2. The van der Waals surface area contributed by atoms with Crippen LogP contribution in [-0.4, -0.2) is 80.2 Å². The van der Waals surface area contributed by atoms with Crippen LogP contribution in [0.15, 0.2) is 23.1 Å². The van der Waals surface area contributed by atoms with Crippen molar-refractivity contribution >= 4 is 23.5 Å². The zero-order chi connectivity index (χ0) is 24.5. The summed E-state index contributed by atoms with van der Waals surface area (Å²) in [5.74, 6) is 1.27. The Hall–Kier alpha value is -1.45. The minimum atomic E-state index is -0.350. The van der Waals surface area contributed by atoms with Gasteiger partial charge in [-0.05, 0) is 55.2 Å². The number of Topliss-reactive ketones (excluding diaryl/α,β-unsaturated/α-hetero) is 1. The third-order valence-corrected chi connectivity index (χ3v) is 8.60. The van der Waals surface area contributed by atoms with Crippen molar-refractivity contribution in [1.29, 1.82) is 0 Å². The molecule has 1 saturated heterocycles. The number of aliphatic hydroxyl groups excluding tert-OH is 1. The average molecular weight is 506 g/mol. The third-order valence-electron chi connectivity index (χ3n) is 7.38. The number of thioether (sulfide) groups is 1. The minimum absolute atomic E-state index is 0.0311. The highest BCUT2D eigenvalue weighted by molar-refractivity contribution is 7.99. The predicted molar refractivity (Wildman–Crippen MR) is 135 cm³/mol. The first-order valence-electron chi connectivity index (χ1n) is 13.1. The second-order valence-electron chi connectivity index (χ2n) is 9.77. The molecule has 0 aromatic heterocycles. The Balaban J connectivity index is 1.08. The largest absolute Gasteiger partial charge is 0.464 e. The van der Waals surface area contributed by atoms with E-state index in [9.17, 15) is 14.7 Å². The van der Waals surface area contributed by atoms with Gasteiger partial charge in [-0.2, -0.15) is 0 Å². The number of morpholine rings is 1. The Kier molecular flexibility index (Phi) is 10.5. The number of esters is 1. The van der Waals surface area contributed by atoms with Gasteiger partial charge in [0.05, 0.1) is 25.9 Å². The fraction of sp³-hybridized carbons (Fsp3) is 0.704. The molecule has 35 heavy (non-hydrogen) atoms. The highest BCUT2D eigenvalue weighted by Gasteiger charge is 2.35. The number of hydrogen-bond donors (Lipinski definition) is 1. The van der Waals surface area contributed by atoms with E-state index < -0.39 is 0 Å². The number of nitrogens with zero attached hydrogens (tertiary/aromatic N) is 1. The molecule has 2 aliphatic carbocycles. The summed E-state index contributed by atoms with van der Waals surface area (Å²) in [5.41, 5.74) is 2.30. The average Bonchev–Trinajstić information content (AvgIpc) is 3.43. The second-order valence-corrected chi connectivity index (χ2v) is 10.8. The van der Waals surface area contributed by atoms with Crippen LogP contribution in [0, 0.1) is 11.8 Å². The second kappa shape index (κ2) is 13.7. The van der Waals surface area contributed by atoms with Crippen LogP contribution in [0.2, 0.25) is 0 Å². The van der Waals surface area contributed by atoms with Crippen molar-refractivity contribution < 1.29 is 28.9 Å². The number of ether oxygens (including phenoxy) is 3. The van der Waals surface area contributed by atoms with Crippen molar-refractivity contribution in [3.8, 4) is 0 Å². The SMILES string of the molecule is O=C(CCCCOC[C@H]1CCC(=O)C1CSc1cccc2c1CCC2O)OCCN1CCOCC1. The van der Waals surface area contributed by atoms with Crippen molar-refractivity contribution in [3.05, 3.63) is 29.3 Å². The number of unbranched alkanes of at least 4 members (excludes halogenated alkanes) is 1. The molecule has 1 saturated carbocycles. The van der Waals surface area contributed by atoms with Gasteiger partial charge in [-0.1, -0.05) is 12.1 Å². The number of aliphatic hydroxyl groups is 1. The van der Waals surface area contributed by atoms with Crippen LogP contribution in [0.1, 0.15) is 55.8 Å². The van der Waals surface area contributed by atoms with Crippen molar-refractivity contribution in [1.82, 2.24) is 4.90 Å². The quantitative estimate of drug-likeness (QED) is 0.248. The Morgan fingerprint density at radius 2 is 2.00 bits per heavy atom. The summed E-state index contributed by atoms with van der Waals surface area (Å²) in [6, 6.07) is 6.13. The van der Waals surface area contributed by atoms with Crippen LogP contribution < -0.4 is 0 Å². The van der Waals surface area contributed by atoms with Crippen LogP contribution in [0.5, 0.6) is 0 Å². The summed E-state index contributed by atoms with van der Waals surface area (Å²) in [6.45, 7) is 5.73. The highest BCUT2D eigenvalue weighted by atomic mass is 32.2. The topological polar surface area (TPSA) is 85.3 Å². The lowest BCUT2D eigenvalue weighted by molar-refractivity contribution is -0.144. The molecule has 8 heteroatoms. The summed E-state index contributed by atoms with van der Waals surface area (Å²) in [6.07, 6.45) is 4.87. The molecule has 1 heterocycles. The van der Waals surface area contributed by atoms with Crippen LogP contribution in [0.25, 0.3) is 0 Å². The fourth-order valence-corrected chi connectivity index (χ4v) is 6.60. The normalized spacial score (nSPS) is 24.6. The number of fused-ring (bicyclic) bond motifs is 1. The summed E-state index contributed by atoms with van der Waals surface area (Å²) in [5, 5.41) is 10.1. The van der Waals surface area contributed by atoms with Crippen LogP contribution in [0.4, 0.5) is 0 Å². The molecule has 2 fully saturated rings. The Morgan fingerprint density at radius 3 is 2.86 bits per heavy atom. The van der Waals surface area contributed by atoms with E-state index in [-0.39, 0.29) is 23.9 Å². The number of hydrogen-bond acceptors (Lipinski definition) is 8. The van der Waals surface area contributed by atoms with Gasteiger partial charge in [0.1, 0.15) is 12.4 Å². The van der Waals surface area contributed by atoms with E-state index in [1.54, 1.807) is 11.8 Å². The zero-order valence-corrected chi connectivity index (χ0v) is 21.4. The highest BCUT2D eigenvalue weighted by Crippen LogP contribution is 2.40. The van der Waals surface area contributed by atoms with Crippen molar-refractivity contribution in [2.45, 2.75) is 55.9 Å². The van der Waals surface area contributed by atoms with Crippen LogP contribution >= 0.6 is 11.8 Å². The molecule has 1 aromatic rings. The van der Waals surface area contributed by atoms with Gasteiger partial charge in [-0.25, -0.2) is 0 Å². The molecule has 1 N–H and O–H groups in total. The molecule has 0 amide bonds. The monoisotopic (exact) mass is 505 g/mol. The fourth-order valence-electron chi connectivity index (χ4n) is 5.21. The molecule has 2 unspecified atom stereocenters. The van der Waals surface area contributed by atoms with E-state index >= 15 is 0 Å². The van der Waals surface area contributed by atoms with Gasteiger partial charge in [0, 0.05) is 55.6 Å². The van der Waals surface area contributed by atoms with Crippen molar-refractivity contribution in [2.75, 3.05) is 58.4 Å². The molecular weight excluding hydrogens is 466 g/mol. The van der Waals surface area contributed by atoms with Gasteiger partial charge >= 0.3 is 5.97 Å².